The summed E-state index contributed by atoms with van der Waals surface area (Å²) in [4.78, 5) is 0. The number of rotatable bonds is 3. The average molecular weight is 176 g/mol. The van der Waals surface area contributed by atoms with Gasteiger partial charge in [-0.1, -0.05) is 24.8 Å². The number of ether oxygens (including phenoxy) is 2. The third-order valence-electron chi connectivity index (χ3n) is 2.04. The molecule has 1 aromatic rings. The van der Waals surface area contributed by atoms with Crippen molar-refractivity contribution in [1.29, 1.82) is 0 Å². The summed E-state index contributed by atoms with van der Waals surface area (Å²) in [5.41, 5.74) is 1.10. The smallest absolute Gasteiger partial charge is 0.202 e. The Balaban J connectivity index is 2.00. The molecule has 1 aliphatic rings. The standard InChI is InChI=1S/C11H12O2/c1-2-9-3-5-10(6-4-9)13-11-7-8-12-11/h2-6,11H,1,7-8H2. The molecule has 1 atom stereocenters. The number of hydrogen-bond donors (Lipinski definition) is 0. The predicted molar refractivity (Wildman–Crippen MR) is 51.5 cm³/mol. The first-order valence-corrected chi connectivity index (χ1v) is 4.39. The molecule has 1 heterocycles. The minimum Gasteiger partial charge on any atom is -0.465 e. The highest BCUT2D eigenvalue weighted by Gasteiger charge is 2.19. The SMILES string of the molecule is C=Cc1ccc(OC2CCO2)cc1. The maximum Gasteiger partial charge on any atom is 0.202 e. The van der Waals surface area contributed by atoms with Crippen LogP contribution in [-0.2, 0) is 4.74 Å². The lowest BCUT2D eigenvalue weighted by atomic mass is 10.2. The maximum atomic E-state index is 5.49. The Labute approximate surface area is 77.8 Å². The van der Waals surface area contributed by atoms with Gasteiger partial charge in [0.2, 0.25) is 6.29 Å². The fraction of sp³-hybridized carbons (Fsp3) is 0.273. The molecular formula is C11H12O2. The van der Waals surface area contributed by atoms with Gasteiger partial charge in [-0.3, -0.25) is 0 Å². The lowest BCUT2D eigenvalue weighted by Gasteiger charge is -2.26. The van der Waals surface area contributed by atoms with Gasteiger partial charge in [-0.2, -0.15) is 0 Å². The molecule has 0 bridgehead atoms. The molecule has 68 valence electrons. The zero-order valence-corrected chi connectivity index (χ0v) is 7.40. The number of benzene rings is 1. The van der Waals surface area contributed by atoms with Gasteiger partial charge < -0.3 is 9.47 Å². The van der Waals surface area contributed by atoms with Crippen LogP contribution in [0.5, 0.6) is 5.75 Å². The highest BCUT2D eigenvalue weighted by molar-refractivity contribution is 5.48. The topological polar surface area (TPSA) is 18.5 Å². The summed E-state index contributed by atoms with van der Waals surface area (Å²) in [7, 11) is 0. The molecule has 1 aromatic carbocycles. The first-order valence-electron chi connectivity index (χ1n) is 4.39. The van der Waals surface area contributed by atoms with Crippen molar-refractivity contribution in [3.63, 3.8) is 0 Å². The van der Waals surface area contributed by atoms with E-state index in [1.165, 1.54) is 0 Å². The second-order valence-corrected chi connectivity index (χ2v) is 2.98. The van der Waals surface area contributed by atoms with Crippen molar-refractivity contribution in [1.82, 2.24) is 0 Å². The van der Waals surface area contributed by atoms with Gasteiger partial charge in [0, 0.05) is 6.42 Å². The van der Waals surface area contributed by atoms with E-state index < -0.39 is 0 Å². The predicted octanol–water partition coefficient (Wildman–Crippen LogP) is 2.45. The van der Waals surface area contributed by atoms with Crippen LogP contribution in [0.25, 0.3) is 6.08 Å². The Morgan fingerprint density at radius 1 is 1.38 bits per heavy atom. The molecule has 1 unspecified atom stereocenters. The summed E-state index contributed by atoms with van der Waals surface area (Å²) >= 11 is 0. The summed E-state index contributed by atoms with van der Waals surface area (Å²) < 4.78 is 10.6. The Kier molecular flexibility index (Phi) is 2.32. The summed E-state index contributed by atoms with van der Waals surface area (Å²) in [5, 5.41) is 0. The molecule has 0 aliphatic carbocycles. The Morgan fingerprint density at radius 2 is 2.08 bits per heavy atom. The van der Waals surface area contributed by atoms with E-state index in [1.54, 1.807) is 0 Å². The van der Waals surface area contributed by atoms with Crippen LogP contribution in [0, 0.1) is 0 Å². The molecule has 0 amide bonds. The van der Waals surface area contributed by atoms with Crippen molar-refractivity contribution in [2.24, 2.45) is 0 Å². The average Bonchev–Trinajstić information content (AvgIpc) is 2.12. The van der Waals surface area contributed by atoms with Crippen molar-refractivity contribution in [2.45, 2.75) is 12.7 Å². The summed E-state index contributed by atoms with van der Waals surface area (Å²) in [6, 6.07) is 7.80. The summed E-state index contributed by atoms with van der Waals surface area (Å²) in [6.07, 6.45) is 2.77. The van der Waals surface area contributed by atoms with Crippen LogP contribution >= 0.6 is 0 Å². The first-order chi connectivity index (χ1) is 6.38. The van der Waals surface area contributed by atoms with Crippen LogP contribution < -0.4 is 4.74 Å². The van der Waals surface area contributed by atoms with Crippen LogP contribution in [0.15, 0.2) is 30.8 Å². The van der Waals surface area contributed by atoms with Gasteiger partial charge in [-0.15, -0.1) is 0 Å². The number of hydrogen-bond acceptors (Lipinski definition) is 2. The van der Waals surface area contributed by atoms with E-state index >= 15 is 0 Å². The molecule has 0 spiro atoms. The van der Waals surface area contributed by atoms with Gasteiger partial charge in [0.15, 0.2) is 0 Å². The van der Waals surface area contributed by atoms with Crippen molar-refractivity contribution in [2.75, 3.05) is 6.61 Å². The van der Waals surface area contributed by atoms with E-state index in [4.69, 9.17) is 9.47 Å². The summed E-state index contributed by atoms with van der Waals surface area (Å²) in [5.74, 6) is 0.857. The van der Waals surface area contributed by atoms with Crippen molar-refractivity contribution in [3.8, 4) is 5.75 Å². The molecule has 1 saturated heterocycles. The van der Waals surface area contributed by atoms with Gasteiger partial charge in [-0.05, 0) is 17.7 Å². The Bertz CT molecular complexity index is 285. The molecule has 1 aliphatic heterocycles. The monoisotopic (exact) mass is 176 g/mol. The normalized spacial score (nSPS) is 20.5. The lowest BCUT2D eigenvalue weighted by molar-refractivity contribution is -0.165. The minimum atomic E-state index is -0.0328. The van der Waals surface area contributed by atoms with E-state index in [2.05, 4.69) is 6.58 Å². The van der Waals surface area contributed by atoms with Gasteiger partial charge >= 0.3 is 0 Å². The van der Waals surface area contributed by atoms with Gasteiger partial charge in [0.1, 0.15) is 5.75 Å². The molecular weight excluding hydrogens is 164 g/mol. The fourth-order valence-electron chi connectivity index (χ4n) is 1.14. The maximum absolute atomic E-state index is 5.49. The van der Waals surface area contributed by atoms with Crippen molar-refractivity contribution < 1.29 is 9.47 Å². The fourth-order valence-corrected chi connectivity index (χ4v) is 1.14. The van der Waals surface area contributed by atoms with Gasteiger partial charge in [0.05, 0.1) is 6.61 Å². The lowest BCUT2D eigenvalue weighted by Crippen LogP contribution is -2.32. The first kappa shape index (κ1) is 8.32. The Morgan fingerprint density at radius 3 is 2.54 bits per heavy atom. The second-order valence-electron chi connectivity index (χ2n) is 2.98. The molecule has 0 N–H and O–H groups in total. The quantitative estimate of drug-likeness (QED) is 0.704. The zero-order valence-electron chi connectivity index (χ0n) is 7.40. The molecule has 2 rings (SSSR count). The van der Waals surface area contributed by atoms with Crippen LogP contribution in [0.2, 0.25) is 0 Å². The van der Waals surface area contributed by atoms with E-state index in [0.717, 1.165) is 24.3 Å². The van der Waals surface area contributed by atoms with E-state index in [1.807, 2.05) is 30.3 Å². The van der Waals surface area contributed by atoms with Crippen LogP contribution in [0.1, 0.15) is 12.0 Å². The summed E-state index contributed by atoms with van der Waals surface area (Å²) in [6.45, 7) is 4.50. The van der Waals surface area contributed by atoms with E-state index in [0.29, 0.717) is 0 Å². The highest BCUT2D eigenvalue weighted by Crippen LogP contribution is 2.19. The van der Waals surface area contributed by atoms with Crippen molar-refractivity contribution in [3.05, 3.63) is 36.4 Å². The van der Waals surface area contributed by atoms with Gasteiger partial charge in [-0.25, -0.2) is 0 Å². The third kappa shape index (κ3) is 1.90. The molecule has 0 saturated carbocycles. The second kappa shape index (κ2) is 3.62. The Hall–Kier alpha value is -1.28. The largest absolute Gasteiger partial charge is 0.465 e. The molecule has 2 nitrogen and oxygen atoms in total. The van der Waals surface area contributed by atoms with Crippen molar-refractivity contribution >= 4 is 6.08 Å². The van der Waals surface area contributed by atoms with E-state index in [-0.39, 0.29) is 6.29 Å². The highest BCUT2D eigenvalue weighted by atomic mass is 16.7. The van der Waals surface area contributed by atoms with Gasteiger partial charge in [0.25, 0.3) is 0 Å². The molecule has 1 fully saturated rings. The van der Waals surface area contributed by atoms with Crippen LogP contribution in [0.3, 0.4) is 0 Å². The zero-order chi connectivity index (χ0) is 9.10. The molecule has 0 aromatic heterocycles. The molecule has 13 heavy (non-hydrogen) atoms. The van der Waals surface area contributed by atoms with E-state index in [9.17, 15) is 0 Å². The minimum absolute atomic E-state index is 0.0328. The molecule has 0 radical (unpaired) electrons. The molecule has 2 heteroatoms. The third-order valence-corrected chi connectivity index (χ3v) is 2.04. The van der Waals surface area contributed by atoms with Crippen LogP contribution in [0.4, 0.5) is 0 Å². The van der Waals surface area contributed by atoms with Crippen LogP contribution in [-0.4, -0.2) is 12.9 Å².